The molecule has 0 saturated carbocycles. The molecule has 0 fully saturated rings. The van der Waals surface area contributed by atoms with Crippen molar-refractivity contribution in [2.75, 3.05) is 47.5 Å². The highest BCUT2D eigenvalue weighted by molar-refractivity contribution is 5.71. The molecule has 0 aliphatic carbocycles. The number of carbonyl (C=O) groups is 3. The lowest BCUT2D eigenvalue weighted by atomic mass is 10.0. The van der Waals surface area contributed by atoms with Crippen LogP contribution in [-0.4, -0.2) is 87.4 Å². The Morgan fingerprint density at radius 2 is 0.919 bits per heavy atom. The number of rotatable bonds is 45. The van der Waals surface area contributed by atoms with Crippen LogP contribution in [0.1, 0.15) is 200 Å². The molecule has 0 heterocycles. The maximum atomic E-state index is 12.8. The maximum absolute atomic E-state index is 12.8. The molecule has 9 nitrogen and oxygen atoms in total. The monoisotopic (exact) mass is 873 g/mol. The van der Waals surface area contributed by atoms with Crippen LogP contribution in [0.2, 0.25) is 0 Å². The molecule has 0 rings (SSSR count). The lowest BCUT2D eigenvalue weighted by Gasteiger charge is -2.25. The molecule has 0 spiro atoms. The van der Waals surface area contributed by atoms with Crippen LogP contribution in [0.5, 0.6) is 0 Å². The van der Waals surface area contributed by atoms with Gasteiger partial charge in [-0.15, -0.1) is 0 Å². The summed E-state index contributed by atoms with van der Waals surface area (Å²) in [6.45, 7) is 4.68. The number of hydrogen-bond acceptors (Lipinski definition) is 7. The molecule has 9 heteroatoms. The Balaban J connectivity index is 4.20. The third-order valence-electron chi connectivity index (χ3n) is 10.5. The fourth-order valence-corrected chi connectivity index (χ4v) is 6.65. The minimum Gasteiger partial charge on any atom is -0.477 e. The van der Waals surface area contributed by atoms with E-state index >= 15 is 0 Å². The number of quaternary nitrogens is 1. The molecule has 0 aliphatic rings. The largest absolute Gasteiger partial charge is 0.477 e. The summed E-state index contributed by atoms with van der Waals surface area (Å²) in [7, 11) is 5.95. The number of carboxylic acids is 1. The molecule has 0 radical (unpaired) electrons. The van der Waals surface area contributed by atoms with Crippen molar-refractivity contribution in [3.8, 4) is 0 Å². The van der Waals surface area contributed by atoms with Crippen LogP contribution in [0, 0.1) is 0 Å². The zero-order valence-corrected chi connectivity index (χ0v) is 40.5. The third-order valence-corrected chi connectivity index (χ3v) is 10.5. The van der Waals surface area contributed by atoms with Crippen molar-refractivity contribution >= 4 is 17.9 Å². The molecule has 0 aliphatic heterocycles. The van der Waals surface area contributed by atoms with Crippen molar-refractivity contribution in [1.29, 1.82) is 0 Å². The number of nitrogens with zero attached hydrogens (tertiary/aromatic N) is 1. The van der Waals surface area contributed by atoms with Gasteiger partial charge in [-0.25, -0.2) is 4.79 Å². The van der Waals surface area contributed by atoms with Gasteiger partial charge >= 0.3 is 17.9 Å². The molecule has 0 amide bonds. The first kappa shape index (κ1) is 59.0. The predicted molar refractivity (Wildman–Crippen MR) is 258 cm³/mol. The van der Waals surface area contributed by atoms with Gasteiger partial charge in [0.1, 0.15) is 13.2 Å². The number of aliphatic carboxylic acids is 1. The van der Waals surface area contributed by atoms with Crippen molar-refractivity contribution in [3.05, 3.63) is 60.8 Å². The van der Waals surface area contributed by atoms with Crippen LogP contribution < -0.4 is 0 Å². The molecule has 358 valence electrons. The van der Waals surface area contributed by atoms with Crippen molar-refractivity contribution in [1.82, 2.24) is 0 Å². The summed E-state index contributed by atoms with van der Waals surface area (Å²) in [6, 6.07) is 0. The van der Waals surface area contributed by atoms with Gasteiger partial charge in [-0.05, 0) is 70.6 Å². The molecule has 2 atom stereocenters. The Kier molecular flexibility index (Phi) is 42.4. The van der Waals surface area contributed by atoms with Gasteiger partial charge in [-0.2, -0.15) is 0 Å². The lowest BCUT2D eigenvalue weighted by Crippen LogP contribution is -2.40. The number of unbranched alkanes of at least 4 members (excludes halogenated alkanes) is 20. The third kappa shape index (κ3) is 45.0. The first-order valence-corrected chi connectivity index (χ1v) is 25.0. The highest BCUT2D eigenvalue weighted by Gasteiger charge is 2.25. The maximum Gasteiger partial charge on any atom is 0.361 e. The molecule has 0 aromatic rings. The first-order valence-electron chi connectivity index (χ1n) is 25.0. The summed E-state index contributed by atoms with van der Waals surface area (Å²) in [4.78, 5) is 37.1. The fraction of sp³-hybridized carbons (Fsp3) is 0.755. The number of likely N-dealkylation sites (N-methyl/N-ethyl adjacent to an activating group) is 1. The average Bonchev–Trinajstić information content (AvgIpc) is 3.23. The Hall–Kier alpha value is -3.01. The van der Waals surface area contributed by atoms with Gasteiger partial charge in [0.25, 0.3) is 6.29 Å². The topological polar surface area (TPSA) is 108 Å². The Labute approximate surface area is 380 Å². The number of ether oxygens (including phenoxy) is 4. The average molecular weight is 873 g/mol. The van der Waals surface area contributed by atoms with Gasteiger partial charge in [0.05, 0.1) is 34.4 Å². The molecular formula is C53H94NO8+. The summed E-state index contributed by atoms with van der Waals surface area (Å²) in [6.07, 6.45) is 51.6. The van der Waals surface area contributed by atoms with Crippen LogP contribution in [0.3, 0.4) is 0 Å². The zero-order valence-electron chi connectivity index (χ0n) is 40.5. The van der Waals surface area contributed by atoms with E-state index in [1.807, 2.05) is 21.1 Å². The molecule has 0 saturated heterocycles. The van der Waals surface area contributed by atoms with E-state index in [0.29, 0.717) is 17.4 Å². The minimum atomic E-state index is -1.51. The normalized spacial score (nSPS) is 13.4. The molecule has 2 unspecified atom stereocenters. The summed E-state index contributed by atoms with van der Waals surface area (Å²) < 4.78 is 22.7. The molecule has 0 aromatic carbocycles. The van der Waals surface area contributed by atoms with Gasteiger partial charge in [0.15, 0.2) is 6.10 Å². The molecule has 0 aromatic heterocycles. The van der Waals surface area contributed by atoms with Crippen molar-refractivity contribution in [2.24, 2.45) is 0 Å². The molecule has 1 N–H and O–H groups in total. The smallest absolute Gasteiger partial charge is 0.361 e. The second-order valence-corrected chi connectivity index (χ2v) is 17.7. The van der Waals surface area contributed by atoms with Crippen LogP contribution in [0.25, 0.3) is 0 Å². The van der Waals surface area contributed by atoms with Crippen LogP contribution in [0.4, 0.5) is 0 Å². The summed E-state index contributed by atoms with van der Waals surface area (Å²) in [5.41, 5.74) is 0. The second kappa shape index (κ2) is 44.6. The fourth-order valence-electron chi connectivity index (χ4n) is 6.65. The van der Waals surface area contributed by atoms with Crippen molar-refractivity contribution < 1.29 is 42.9 Å². The van der Waals surface area contributed by atoms with Gasteiger partial charge in [0.2, 0.25) is 0 Å². The van der Waals surface area contributed by atoms with Crippen molar-refractivity contribution in [2.45, 2.75) is 212 Å². The van der Waals surface area contributed by atoms with E-state index in [4.69, 9.17) is 18.9 Å². The predicted octanol–water partition coefficient (Wildman–Crippen LogP) is 13.7. The summed E-state index contributed by atoms with van der Waals surface area (Å²) in [5, 5.41) is 9.64. The number of carboxylic acid groups (broad SMARTS) is 1. The highest BCUT2D eigenvalue weighted by atomic mass is 16.7. The second-order valence-electron chi connectivity index (χ2n) is 17.7. The standard InChI is InChI=1S/C53H93NO8/c1-6-8-10-12-14-16-18-19-20-21-22-23-24-25-26-27-28-29-30-31-32-33-34-36-38-40-42-44-51(56)62-49(48-61-53(52(57)58)59-46-45-54(3,4)5)47-60-50(55)43-41-39-37-35-17-15-13-11-9-7-2/h8,10-11,13-14,16,19-20,22-23,49,53H,6-7,9,12,15,17-18,21,24-48H2,1-5H3/p+1/b10-8-,13-11-,16-14-,20-19-,23-22-. The number of carbonyl (C=O) groups excluding carboxylic acids is 2. The molecular weight excluding hydrogens is 779 g/mol. The summed E-state index contributed by atoms with van der Waals surface area (Å²) >= 11 is 0. The number of esters is 2. The van der Waals surface area contributed by atoms with Gasteiger partial charge in [-0.3, -0.25) is 9.59 Å². The van der Waals surface area contributed by atoms with E-state index in [1.54, 1.807) is 0 Å². The quantitative estimate of drug-likeness (QED) is 0.0212. The van der Waals surface area contributed by atoms with Gasteiger partial charge in [-0.1, -0.05) is 177 Å². The minimum absolute atomic E-state index is 0.185. The van der Waals surface area contributed by atoms with E-state index in [9.17, 15) is 19.5 Å². The van der Waals surface area contributed by atoms with Gasteiger partial charge in [0, 0.05) is 12.8 Å². The highest BCUT2D eigenvalue weighted by Crippen LogP contribution is 2.15. The molecule has 0 bridgehead atoms. The van der Waals surface area contributed by atoms with Crippen molar-refractivity contribution in [3.63, 3.8) is 0 Å². The van der Waals surface area contributed by atoms with Crippen LogP contribution >= 0.6 is 0 Å². The Morgan fingerprint density at radius 1 is 0.500 bits per heavy atom. The zero-order chi connectivity index (χ0) is 45.6. The van der Waals surface area contributed by atoms with Crippen LogP contribution in [0.15, 0.2) is 60.8 Å². The number of allylic oxidation sites excluding steroid dienone is 10. The first-order chi connectivity index (χ1) is 30.1. The lowest BCUT2D eigenvalue weighted by molar-refractivity contribution is -0.870. The van der Waals surface area contributed by atoms with Gasteiger partial charge < -0.3 is 28.5 Å². The van der Waals surface area contributed by atoms with E-state index < -0.39 is 24.3 Å². The Morgan fingerprint density at radius 3 is 1.39 bits per heavy atom. The van der Waals surface area contributed by atoms with E-state index in [-0.39, 0.29) is 32.2 Å². The van der Waals surface area contributed by atoms with E-state index in [2.05, 4.69) is 74.6 Å². The summed E-state index contributed by atoms with van der Waals surface area (Å²) in [5.74, 6) is -2.02. The SMILES string of the molecule is CC/C=C\C/C=C\C/C=C\C/C=C\CCCCCCCCCCCCCCCCC(=O)OC(COC(=O)CCCCCCC/C=C\CCC)COC(OCC[N+](C)(C)C)C(=O)O. The number of hydrogen-bond donors (Lipinski definition) is 1. The van der Waals surface area contributed by atoms with E-state index in [1.165, 1.54) is 83.5 Å². The Bertz CT molecular complexity index is 1200. The molecule has 62 heavy (non-hydrogen) atoms. The van der Waals surface area contributed by atoms with Crippen LogP contribution in [-0.2, 0) is 33.3 Å². The van der Waals surface area contributed by atoms with E-state index in [0.717, 1.165) is 89.9 Å².